The number of benzene rings is 1. The Kier molecular flexibility index (Phi) is 6.47. The maximum Gasteiger partial charge on any atom is 0.220 e. The molecule has 0 aliphatic carbocycles. The maximum absolute atomic E-state index is 12.1. The average Bonchev–Trinajstić information content (AvgIpc) is 2.66. The minimum atomic E-state index is 0.0102. The first-order chi connectivity index (χ1) is 12.6. The summed E-state index contributed by atoms with van der Waals surface area (Å²) < 4.78 is 5.56. The number of morpholine rings is 1. The quantitative estimate of drug-likeness (QED) is 0.844. The highest BCUT2D eigenvalue weighted by atomic mass is 35.5. The van der Waals surface area contributed by atoms with Crippen LogP contribution in [0.1, 0.15) is 24.5 Å². The first-order valence-electron chi connectivity index (χ1n) is 8.93. The van der Waals surface area contributed by atoms with Crippen molar-refractivity contribution in [1.29, 1.82) is 0 Å². The van der Waals surface area contributed by atoms with Crippen LogP contribution in [0.15, 0.2) is 42.6 Å². The fourth-order valence-corrected chi connectivity index (χ4v) is 3.20. The molecule has 0 bridgehead atoms. The Morgan fingerprint density at radius 2 is 2.19 bits per heavy atom. The molecule has 1 saturated heterocycles. The predicted octanol–water partition coefficient (Wildman–Crippen LogP) is 3.21. The SMILES string of the molecule is CC1CN(c2ccc(CNC(=O)CCc3ccccc3Cl)cn2)CCO1. The van der Waals surface area contributed by atoms with E-state index >= 15 is 0 Å². The first kappa shape index (κ1) is 18.7. The topological polar surface area (TPSA) is 54.5 Å². The number of ether oxygens (including phenoxy) is 1. The number of aryl methyl sites for hydroxylation is 1. The minimum Gasteiger partial charge on any atom is -0.375 e. The van der Waals surface area contributed by atoms with E-state index in [0.717, 1.165) is 36.6 Å². The Hall–Kier alpha value is -2.11. The lowest BCUT2D eigenvalue weighted by molar-refractivity contribution is -0.121. The van der Waals surface area contributed by atoms with Gasteiger partial charge in [-0.3, -0.25) is 4.79 Å². The summed E-state index contributed by atoms with van der Waals surface area (Å²) in [6.07, 6.45) is 3.10. The lowest BCUT2D eigenvalue weighted by Gasteiger charge is -2.32. The van der Waals surface area contributed by atoms with Crippen molar-refractivity contribution in [3.05, 3.63) is 58.7 Å². The third-order valence-electron chi connectivity index (χ3n) is 4.44. The molecule has 1 N–H and O–H groups in total. The summed E-state index contributed by atoms with van der Waals surface area (Å²) in [6.45, 7) is 4.99. The van der Waals surface area contributed by atoms with Gasteiger partial charge in [-0.15, -0.1) is 0 Å². The Morgan fingerprint density at radius 3 is 2.92 bits per heavy atom. The Morgan fingerprint density at radius 1 is 1.35 bits per heavy atom. The molecule has 1 amide bonds. The molecule has 26 heavy (non-hydrogen) atoms. The van der Waals surface area contributed by atoms with Crippen LogP contribution in [0, 0.1) is 0 Å². The van der Waals surface area contributed by atoms with Gasteiger partial charge in [0, 0.05) is 37.3 Å². The highest BCUT2D eigenvalue weighted by molar-refractivity contribution is 6.31. The van der Waals surface area contributed by atoms with Crippen molar-refractivity contribution < 1.29 is 9.53 Å². The van der Waals surface area contributed by atoms with Crippen molar-refractivity contribution >= 4 is 23.3 Å². The number of hydrogen-bond donors (Lipinski definition) is 1. The second-order valence-electron chi connectivity index (χ2n) is 6.52. The summed E-state index contributed by atoms with van der Waals surface area (Å²) in [6, 6.07) is 11.6. The van der Waals surface area contributed by atoms with Crippen LogP contribution in [0.4, 0.5) is 5.82 Å². The molecular formula is C20H24ClN3O2. The zero-order valence-corrected chi connectivity index (χ0v) is 15.7. The van der Waals surface area contributed by atoms with E-state index in [2.05, 4.69) is 22.1 Å². The van der Waals surface area contributed by atoms with E-state index in [1.165, 1.54) is 0 Å². The lowest BCUT2D eigenvalue weighted by Crippen LogP contribution is -2.41. The number of nitrogens with zero attached hydrogens (tertiary/aromatic N) is 2. The Labute approximate surface area is 159 Å². The van der Waals surface area contributed by atoms with Crippen molar-refractivity contribution in [2.24, 2.45) is 0 Å². The van der Waals surface area contributed by atoms with Crippen LogP contribution in [-0.2, 0) is 22.5 Å². The standard InChI is InChI=1S/C20H24ClN3O2/c1-15-14-24(10-11-26-15)19-8-6-16(12-22-19)13-23-20(25)9-7-17-4-2-3-5-18(17)21/h2-6,8,12,15H,7,9-11,13-14H2,1H3,(H,23,25). The molecule has 1 aliphatic rings. The summed E-state index contributed by atoms with van der Waals surface area (Å²) >= 11 is 6.12. The van der Waals surface area contributed by atoms with Gasteiger partial charge in [-0.1, -0.05) is 35.9 Å². The van der Waals surface area contributed by atoms with Crippen molar-refractivity contribution in [2.75, 3.05) is 24.6 Å². The van der Waals surface area contributed by atoms with Crippen LogP contribution in [0.2, 0.25) is 5.02 Å². The summed E-state index contributed by atoms with van der Waals surface area (Å²) in [4.78, 5) is 18.8. The molecule has 1 unspecified atom stereocenters. The molecule has 6 heteroatoms. The van der Waals surface area contributed by atoms with Gasteiger partial charge < -0.3 is 15.0 Å². The van der Waals surface area contributed by atoms with E-state index in [1.54, 1.807) is 0 Å². The highest BCUT2D eigenvalue weighted by Gasteiger charge is 2.17. The number of pyridine rings is 1. The molecule has 1 fully saturated rings. The van der Waals surface area contributed by atoms with Crippen molar-refractivity contribution in [3.63, 3.8) is 0 Å². The van der Waals surface area contributed by atoms with Crippen LogP contribution < -0.4 is 10.2 Å². The van der Waals surface area contributed by atoms with E-state index in [1.807, 2.05) is 42.6 Å². The second-order valence-corrected chi connectivity index (χ2v) is 6.93. The molecule has 1 aliphatic heterocycles. The normalized spacial score (nSPS) is 17.2. The Balaban J connectivity index is 1.45. The van der Waals surface area contributed by atoms with Crippen LogP contribution >= 0.6 is 11.6 Å². The number of nitrogens with one attached hydrogen (secondary N) is 1. The fourth-order valence-electron chi connectivity index (χ4n) is 2.97. The van der Waals surface area contributed by atoms with Gasteiger partial charge in [0.15, 0.2) is 0 Å². The zero-order chi connectivity index (χ0) is 18.4. The maximum atomic E-state index is 12.1. The number of carbonyl (C=O) groups is 1. The summed E-state index contributed by atoms with van der Waals surface area (Å²) in [5.74, 6) is 0.963. The number of rotatable bonds is 6. The van der Waals surface area contributed by atoms with Gasteiger partial charge in [0.05, 0.1) is 12.7 Å². The van der Waals surface area contributed by atoms with Gasteiger partial charge in [0.1, 0.15) is 5.82 Å². The van der Waals surface area contributed by atoms with Crippen molar-refractivity contribution in [1.82, 2.24) is 10.3 Å². The molecule has 1 atom stereocenters. The average molecular weight is 374 g/mol. The summed E-state index contributed by atoms with van der Waals surface area (Å²) in [5.41, 5.74) is 1.98. The number of aromatic nitrogens is 1. The third kappa shape index (κ3) is 5.19. The predicted molar refractivity (Wildman–Crippen MR) is 103 cm³/mol. The van der Waals surface area contributed by atoms with Crippen LogP contribution in [0.25, 0.3) is 0 Å². The molecule has 0 saturated carbocycles. The van der Waals surface area contributed by atoms with Gasteiger partial charge in [-0.05, 0) is 36.6 Å². The molecular weight excluding hydrogens is 350 g/mol. The fraction of sp³-hybridized carbons (Fsp3) is 0.400. The van der Waals surface area contributed by atoms with Crippen LogP contribution in [0.3, 0.4) is 0 Å². The van der Waals surface area contributed by atoms with E-state index in [4.69, 9.17) is 16.3 Å². The Bertz CT molecular complexity index is 736. The number of carbonyl (C=O) groups excluding carboxylic acids is 1. The number of amides is 1. The lowest BCUT2D eigenvalue weighted by atomic mass is 10.1. The van der Waals surface area contributed by atoms with Gasteiger partial charge in [0.25, 0.3) is 0 Å². The molecule has 5 nitrogen and oxygen atoms in total. The molecule has 0 spiro atoms. The van der Waals surface area contributed by atoms with Crippen molar-refractivity contribution in [3.8, 4) is 0 Å². The van der Waals surface area contributed by atoms with Gasteiger partial charge >= 0.3 is 0 Å². The van der Waals surface area contributed by atoms with Crippen molar-refractivity contribution in [2.45, 2.75) is 32.4 Å². The van der Waals surface area contributed by atoms with Gasteiger partial charge in [0.2, 0.25) is 5.91 Å². The molecule has 0 radical (unpaired) electrons. The summed E-state index contributed by atoms with van der Waals surface area (Å²) in [7, 11) is 0. The third-order valence-corrected chi connectivity index (χ3v) is 4.81. The molecule has 2 heterocycles. The molecule has 138 valence electrons. The summed E-state index contributed by atoms with van der Waals surface area (Å²) in [5, 5.41) is 3.65. The minimum absolute atomic E-state index is 0.0102. The van der Waals surface area contributed by atoms with Gasteiger partial charge in [-0.2, -0.15) is 0 Å². The highest BCUT2D eigenvalue weighted by Crippen LogP contribution is 2.17. The zero-order valence-electron chi connectivity index (χ0n) is 15.0. The number of halogens is 1. The molecule has 2 aromatic rings. The molecule has 1 aromatic heterocycles. The van der Waals surface area contributed by atoms with E-state index < -0.39 is 0 Å². The number of hydrogen-bond acceptors (Lipinski definition) is 4. The van der Waals surface area contributed by atoms with E-state index in [-0.39, 0.29) is 12.0 Å². The van der Waals surface area contributed by atoms with E-state index in [0.29, 0.717) is 24.4 Å². The number of anilines is 1. The second kappa shape index (κ2) is 9.01. The van der Waals surface area contributed by atoms with Crippen LogP contribution in [-0.4, -0.2) is 36.7 Å². The first-order valence-corrected chi connectivity index (χ1v) is 9.31. The smallest absolute Gasteiger partial charge is 0.220 e. The largest absolute Gasteiger partial charge is 0.375 e. The van der Waals surface area contributed by atoms with E-state index in [9.17, 15) is 4.79 Å². The monoisotopic (exact) mass is 373 g/mol. The van der Waals surface area contributed by atoms with Crippen LogP contribution in [0.5, 0.6) is 0 Å². The molecule has 1 aromatic carbocycles. The van der Waals surface area contributed by atoms with Gasteiger partial charge in [-0.25, -0.2) is 4.98 Å². The molecule has 3 rings (SSSR count).